The van der Waals surface area contributed by atoms with Gasteiger partial charge in [-0.3, -0.25) is 14.4 Å². The van der Waals surface area contributed by atoms with Gasteiger partial charge in [-0.15, -0.1) is 0 Å². The lowest BCUT2D eigenvalue weighted by molar-refractivity contribution is -0.404. The Morgan fingerprint density at radius 2 is 0.453 bits per heavy atom. The van der Waals surface area contributed by atoms with Crippen molar-refractivity contribution in [3.63, 3.8) is 0 Å². The van der Waals surface area contributed by atoms with E-state index in [9.17, 15) is 91.0 Å². The van der Waals surface area contributed by atoms with E-state index in [2.05, 4.69) is 0 Å². The fourth-order valence-electron chi connectivity index (χ4n) is 9.86. The zero-order chi connectivity index (χ0) is 54.9. The Hall–Kier alpha value is -2.67. The van der Waals surface area contributed by atoms with Crippen molar-refractivity contribution in [2.45, 2.75) is 205 Å². The minimum atomic E-state index is -2.21. The zero-order valence-corrected chi connectivity index (χ0v) is 40.1. The largest absolute Gasteiger partial charge is 0.457 e. The number of hydrogen-bond donors (Lipinski definition) is 15. The van der Waals surface area contributed by atoms with E-state index in [0.29, 0.717) is 0 Å². The Balaban J connectivity index is 1.27. The van der Waals surface area contributed by atoms with Crippen molar-refractivity contribution in [2.24, 2.45) is 0 Å². The predicted octanol–water partition coefficient (Wildman–Crippen LogP) is -11.3. The molecule has 0 spiro atoms. The van der Waals surface area contributed by atoms with E-state index < -0.39 is 242 Å². The van der Waals surface area contributed by atoms with Gasteiger partial charge in [-0.05, 0) is 0 Å². The van der Waals surface area contributed by atoms with Crippen LogP contribution in [0.15, 0.2) is 0 Å². The Kier molecular flexibility index (Phi) is 20.5. The number of carbonyl (C=O) groups is 3. The summed E-state index contributed by atoms with van der Waals surface area (Å²) in [7, 11) is 0. The van der Waals surface area contributed by atoms with Gasteiger partial charge in [0.05, 0.1) is 39.6 Å². The molecule has 0 unspecified atom stereocenters. The summed E-state index contributed by atoms with van der Waals surface area (Å²) in [5.74, 6) is -3.24. The summed E-state index contributed by atoms with van der Waals surface area (Å²) in [6, 6.07) is 0. The third-order valence-corrected chi connectivity index (χ3v) is 13.5. The summed E-state index contributed by atoms with van der Waals surface area (Å²) in [5, 5.41) is 166. The summed E-state index contributed by atoms with van der Waals surface area (Å²) < 4.78 is 85.9. The normalized spacial score (nSPS) is 49.8. The number of carbonyl (C=O) groups excluding carboxylic acids is 3. The molecule has 0 aliphatic carbocycles. The zero-order valence-electron chi connectivity index (χ0n) is 40.1. The first kappa shape index (κ1) is 60.0. The van der Waals surface area contributed by atoms with E-state index in [1.54, 1.807) is 0 Å². The second kappa shape index (κ2) is 25.6. The fourth-order valence-corrected chi connectivity index (χ4v) is 9.86. The molecule has 33 nitrogen and oxygen atoms in total. The second-order valence-electron chi connectivity index (χ2n) is 18.6. The highest BCUT2D eigenvalue weighted by Crippen LogP contribution is 2.39. The van der Waals surface area contributed by atoms with Crippen LogP contribution in [-0.4, -0.2) is 318 Å². The molecular weight excluding hydrogens is 1030 g/mol. The van der Waals surface area contributed by atoms with Crippen LogP contribution in [-0.2, 0) is 85.4 Å². The molecule has 12 bridgehead atoms. The van der Waals surface area contributed by atoms with Crippen molar-refractivity contribution in [2.75, 3.05) is 39.6 Å². The smallest absolute Gasteiger partial charge is 0.303 e. The summed E-state index contributed by atoms with van der Waals surface area (Å²) in [6.45, 7) is -3.59. The van der Waals surface area contributed by atoms with Gasteiger partial charge in [0.25, 0.3) is 0 Å². The van der Waals surface area contributed by atoms with Crippen molar-refractivity contribution in [1.29, 1.82) is 0 Å². The molecule has 0 aromatic rings. The van der Waals surface area contributed by atoms with Gasteiger partial charge in [0, 0.05) is 20.8 Å². The highest BCUT2D eigenvalue weighted by molar-refractivity contribution is 5.67. The molecule has 0 saturated carbocycles. The Morgan fingerprint density at radius 3 is 0.640 bits per heavy atom. The molecule has 30 atom stereocenters. The van der Waals surface area contributed by atoms with Gasteiger partial charge in [-0.25, -0.2) is 0 Å². The molecule has 432 valence electrons. The first-order chi connectivity index (χ1) is 35.6. The number of aliphatic hydroxyl groups excluding tert-OH is 15. The molecule has 22 aliphatic rings. The van der Waals surface area contributed by atoms with Crippen LogP contribution in [0.2, 0.25) is 0 Å². The van der Waals surface area contributed by atoms with Crippen molar-refractivity contribution >= 4 is 17.9 Å². The molecule has 0 amide bonds. The molecule has 22 aliphatic heterocycles. The maximum atomic E-state index is 12.6. The Bertz CT molecular complexity index is 1850. The van der Waals surface area contributed by atoms with Crippen LogP contribution < -0.4 is 0 Å². The van der Waals surface area contributed by atoms with E-state index in [0.717, 1.165) is 20.8 Å². The Morgan fingerprint density at radius 1 is 0.280 bits per heavy atom. The van der Waals surface area contributed by atoms with E-state index in [-0.39, 0.29) is 0 Å². The minimum Gasteiger partial charge on any atom is -0.457 e. The lowest BCUT2D eigenvalue weighted by Crippen LogP contribution is -2.69. The van der Waals surface area contributed by atoms with E-state index in [1.165, 1.54) is 0 Å². The molecule has 22 fully saturated rings. The molecule has 0 radical (unpaired) electrons. The number of esters is 3. The van der Waals surface area contributed by atoms with E-state index in [4.69, 9.17) is 71.1 Å². The first-order valence-electron chi connectivity index (χ1n) is 23.8. The molecule has 75 heavy (non-hydrogen) atoms. The molecule has 15 N–H and O–H groups in total. The highest BCUT2D eigenvalue weighted by atomic mass is 16.8. The van der Waals surface area contributed by atoms with Crippen LogP contribution in [0.3, 0.4) is 0 Å². The number of rotatable bonds is 9. The van der Waals surface area contributed by atoms with Gasteiger partial charge in [0.2, 0.25) is 0 Å². The molecule has 33 heteroatoms. The number of aliphatic hydroxyl groups is 15. The van der Waals surface area contributed by atoms with Gasteiger partial charge in [-0.1, -0.05) is 0 Å². The second-order valence-corrected chi connectivity index (χ2v) is 18.6. The average Bonchev–Trinajstić information content (AvgIpc) is 3.37. The molecule has 22 heterocycles. The van der Waals surface area contributed by atoms with Gasteiger partial charge in [0.1, 0.15) is 128 Å². The van der Waals surface area contributed by atoms with Crippen LogP contribution in [0.1, 0.15) is 20.8 Å². The maximum Gasteiger partial charge on any atom is 0.303 e. The number of ether oxygens (including phenoxy) is 15. The van der Waals surface area contributed by atoms with Gasteiger partial charge in [0.15, 0.2) is 56.1 Å². The van der Waals surface area contributed by atoms with Gasteiger partial charge < -0.3 is 148 Å². The highest BCUT2D eigenvalue weighted by Gasteiger charge is 2.60. The lowest BCUT2D eigenvalue weighted by atomic mass is 9.94. The summed E-state index contributed by atoms with van der Waals surface area (Å²) in [4.78, 5) is 37.7. The average molecular weight is 1100 g/mol. The van der Waals surface area contributed by atoms with E-state index >= 15 is 0 Å². The van der Waals surface area contributed by atoms with Crippen LogP contribution in [0.4, 0.5) is 0 Å². The van der Waals surface area contributed by atoms with E-state index in [1.807, 2.05) is 0 Å². The van der Waals surface area contributed by atoms with Crippen molar-refractivity contribution in [3.05, 3.63) is 0 Å². The van der Waals surface area contributed by atoms with Crippen LogP contribution in [0.5, 0.6) is 0 Å². The van der Waals surface area contributed by atoms with Crippen LogP contribution in [0.25, 0.3) is 0 Å². The summed E-state index contributed by atoms with van der Waals surface area (Å²) in [6.07, 6.45) is -59.7. The van der Waals surface area contributed by atoms with Crippen LogP contribution >= 0.6 is 0 Å². The molecule has 0 aromatic heterocycles. The topological polar surface area (TPSA) is 493 Å². The maximum absolute atomic E-state index is 12.6. The number of hydrogen-bond acceptors (Lipinski definition) is 33. The van der Waals surface area contributed by atoms with Crippen molar-refractivity contribution in [1.82, 2.24) is 0 Å². The predicted molar refractivity (Wildman–Crippen MR) is 224 cm³/mol. The molecule has 22 rings (SSSR count). The van der Waals surface area contributed by atoms with Crippen molar-refractivity contribution < 1.29 is 162 Å². The fraction of sp³-hybridized carbons (Fsp3) is 0.929. The first-order valence-corrected chi connectivity index (χ1v) is 23.8. The summed E-state index contributed by atoms with van der Waals surface area (Å²) >= 11 is 0. The molecule has 0 aromatic carbocycles. The van der Waals surface area contributed by atoms with Crippen LogP contribution in [0, 0.1) is 0 Å². The van der Waals surface area contributed by atoms with Gasteiger partial charge in [-0.2, -0.15) is 0 Å². The third-order valence-electron chi connectivity index (χ3n) is 13.5. The monoisotopic (exact) mass is 1100 g/mol. The van der Waals surface area contributed by atoms with Crippen molar-refractivity contribution in [3.8, 4) is 0 Å². The molecule has 22 saturated heterocycles. The standard InChI is InChI=1S/C42H66O33/c1-10(49)61-34-25(58)40-67-17(8-47)32(34)74-42-27(60)36(63-12(3)51)33(18(9-48)69-42)75-41-26(59)35(62-11(2)50)31(16(7-46)68-41)73-39-24(57)21(54)29(14(5-44)66-39)71-37-22(55)19(52)28(13(4-43)64-37)70-38-23(56)20(53)30(72-40)15(6-45)65-38/h13-48,52-60H,4-9H2,1-3H3/t13-,14-,15-,16-,17-,18-,19-,20-,21-,22-,23-,24-,25-,26-,27-,28-,29-,30-,31+,32+,33+,34-,35-,36-,37-,38-,39-,40-,41-,42-/m1/s1. The minimum absolute atomic E-state index is 0.906. The summed E-state index contributed by atoms with van der Waals surface area (Å²) in [5.41, 5.74) is 0. The molecular formula is C42H66O33. The lowest BCUT2D eigenvalue weighted by Gasteiger charge is -2.51. The Labute approximate surface area is 424 Å². The van der Waals surface area contributed by atoms with Gasteiger partial charge >= 0.3 is 17.9 Å². The quantitative estimate of drug-likeness (QED) is 0.0753. The third kappa shape index (κ3) is 12.5. The SMILES string of the molecule is CC(=O)O[C@@H]1[C@@H](O)[C@H]2O[C@@H]3[C@H](OC(C)=O)[C@@H](O)[C@@H](O[C@@H]4[C@H](OC(C)=O)[C@@H](O)[C@@H](O[C@H]5[C@H](O)[C@@H](O)[C@@H](O[C@H]6[C@H](O)[C@@H](O)[C@@H](O[C@H]7[C@H](O)[C@@H](O)[C@@H](O[C@H]1[C@@H](CO)O2)O[C@@H]7CO)O[C@@H]6CO)O[C@@H]5CO)O[C@@H]4CO)O[C@@H]3CO.